The highest BCUT2D eigenvalue weighted by molar-refractivity contribution is 6.37. The third-order valence-corrected chi connectivity index (χ3v) is 12.6. The molecule has 0 atom stereocenters. The zero-order valence-corrected chi connectivity index (χ0v) is 51.1. The minimum Gasteiger partial charge on any atom is -0.491 e. The summed E-state index contributed by atoms with van der Waals surface area (Å²) in [7, 11) is 5.66. The van der Waals surface area contributed by atoms with Gasteiger partial charge in [-0.3, -0.25) is 4.90 Å². The zero-order chi connectivity index (χ0) is 58.9. The Morgan fingerprint density at radius 3 is 1.99 bits per heavy atom. The van der Waals surface area contributed by atoms with E-state index in [0.29, 0.717) is 94.1 Å². The van der Waals surface area contributed by atoms with Gasteiger partial charge in [0, 0.05) is 98.1 Å². The van der Waals surface area contributed by atoms with Crippen LogP contribution in [0.2, 0.25) is 10.0 Å². The van der Waals surface area contributed by atoms with Crippen LogP contribution in [0.1, 0.15) is 76.7 Å². The van der Waals surface area contributed by atoms with Gasteiger partial charge >= 0.3 is 0 Å². The van der Waals surface area contributed by atoms with Crippen LogP contribution in [0.3, 0.4) is 0 Å². The SMILES string of the molecule is C.CC(C)Nc1nc(-c2cc(OC(C)C)c3ccc(OCCN4CCOCC4)c(Cl)c3n2)co1.CC(C)Oc1cc(OCCN(C)C)nc2c(Cl)cccc12.COCCOc1ccc2c(OC(C)C)cc(-n3ccc(NC(C)C)n3)nc2c1. The molecule has 450 valence electrons. The van der Waals surface area contributed by atoms with E-state index in [1.807, 2.05) is 148 Å². The van der Waals surface area contributed by atoms with Gasteiger partial charge in [-0.05, 0) is 120 Å². The van der Waals surface area contributed by atoms with E-state index in [1.165, 1.54) is 0 Å². The fourth-order valence-electron chi connectivity index (χ4n) is 8.32. The number of morpholine rings is 1. The Bertz CT molecular complexity index is 3290. The fraction of sp³-hybridized carbons (Fsp3) is 0.468. The first-order chi connectivity index (χ1) is 39.3. The Kier molecular flexibility index (Phi) is 24.9. The van der Waals surface area contributed by atoms with Crippen molar-refractivity contribution in [2.75, 3.05) is 97.7 Å². The van der Waals surface area contributed by atoms with E-state index in [1.54, 1.807) is 18.1 Å². The third-order valence-electron chi connectivity index (χ3n) is 11.9. The van der Waals surface area contributed by atoms with Gasteiger partial charge in [0.2, 0.25) is 5.88 Å². The highest BCUT2D eigenvalue weighted by Crippen LogP contribution is 2.39. The van der Waals surface area contributed by atoms with Crippen molar-refractivity contribution in [3.63, 3.8) is 0 Å². The largest absolute Gasteiger partial charge is 0.491 e. The number of hydrogen-bond acceptors (Lipinski definition) is 18. The molecule has 0 amide bonds. The lowest BCUT2D eigenvalue weighted by Crippen LogP contribution is -2.38. The number of fused-ring (bicyclic) bond motifs is 3. The van der Waals surface area contributed by atoms with Crippen LogP contribution in [-0.4, -0.2) is 157 Å². The van der Waals surface area contributed by atoms with Crippen molar-refractivity contribution in [3.8, 4) is 51.8 Å². The van der Waals surface area contributed by atoms with Crippen LogP contribution < -0.4 is 39.1 Å². The Balaban J connectivity index is 0.000000204. The molecule has 0 unspecified atom stereocenters. The number of para-hydroxylation sites is 1. The van der Waals surface area contributed by atoms with Crippen molar-refractivity contribution in [2.45, 2.75) is 107 Å². The van der Waals surface area contributed by atoms with Gasteiger partial charge in [0.15, 0.2) is 5.82 Å². The van der Waals surface area contributed by atoms with Gasteiger partial charge < -0.3 is 57.8 Å². The minimum atomic E-state index is -0.0119. The van der Waals surface area contributed by atoms with E-state index >= 15 is 0 Å². The van der Waals surface area contributed by atoms with Crippen LogP contribution in [-0.2, 0) is 9.47 Å². The quantitative estimate of drug-likeness (QED) is 0.0543. The van der Waals surface area contributed by atoms with Crippen molar-refractivity contribution in [3.05, 3.63) is 95.3 Å². The molecule has 0 radical (unpaired) electrons. The molecule has 8 aromatic rings. The number of nitrogens with one attached hydrogen (secondary N) is 2. The van der Waals surface area contributed by atoms with Gasteiger partial charge in [0.1, 0.15) is 71.4 Å². The maximum atomic E-state index is 6.77. The second-order valence-corrected chi connectivity index (χ2v) is 21.9. The number of oxazole rings is 1. The van der Waals surface area contributed by atoms with Gasteiger partial charge in [-0.25, -0.2) is 19.6 Å². The Hall–Kier alpha value is -6.87. The molecule has 9 rings (SSSR count). The molecule has 1 aliphatic heterocycles. The summed E-state index contributed by atoms with van der Waals surface area (Å²) in [4.78, 5) is 22.9. The monoisotopic (exact) mass is 1180 g/mol. The number of likely N-dealkylation sites (N-methyl/N-ethyl adjacent to an activating group) is 1. The zero-order valence-electron chi connectivity index (χ0n) is 49.5. The van der Waals surface area contributed by atoms with Gasteiger partial charge in [-0.1, -0.05) is 36.7 Å². The number of rotatable bonds is 24. The summed E-state index contributed by atoms with van der Waals surface area (Å²) in [6.07, 6.45) is 3.57. The fourth-order valence-corrected chi connectivity index (χ4v) is 8.80. The predicted molar refractivity (Wildman–Crippen MR) is 334 cm³/mol. The highest BCUT2D eigenvalue weighted by Gasteiger charge is 2.20. The number of aromatic nitrogens is 6. The number of halogens is 2. The van der Waals surface area contributed by atoms with Gasteiger partial charge in [0.05, 0.1) is 65.4 Å². The molecular formula is C62H84Cl2N10O9. The molecule has 19 nitrogen and oxygen atoms in total. The molecule has 0 bridgehead atoms. The lowest BCUT2D eigenvalue weighted by molar-refractivity contribution is 0.0322. The molecule has 1 fully saturated rings. The van der Waals surface area contributed by atoms with E-state index in [9.17, 15) is 0 Å². The summed E-state index contributed by atoms with van der Waals surface area (Å²) in [6, 6.07) is 23.8. The topological polar surface area (TPSA) is 187 Å². The van der Waals surface area contributed by atoms with Crippen molar-refractivity contribution in [2.24, 2.45) is 0 Å². The molecule has 5 aromatic heterocycles. The summed E-state index contributed by atoms with van der Waals surface area (Å²) < 4.78 is 53.2. The summed E-state index contributed by atoms with van der Waals surface area (Å²) in [5, 5.41) is 14.7. The third kappa shape index (κ3) is 19.3. The number of benzene rings is 3. The van der Waals surface area contributed by atoms with Crippen LogP contribution in [0, 0.1) is 0 Å². The van der Waals surface area contributed by atoms with Crippen LogP contribution in [0.15, 0.2) is 89.7 Å². The number of anilines is 2. The molecule has 3 aromatic carbocycles. The van der Waals surface area contributed by atoms with E-state index in [-0.39, 0.29) is 31.8 Å². The Morgan fingerprint density at radius 2 is 1.31 bits per heavy atom. The lowest BCUT2D eigenvalue weighted by Gasteiger charge is -2.26. The minimum absolute atomic E-state index is 0. The molecule has 1 saturated heterocycles. The van der Waals surface area contributed by atoms with Crippen LogP contribution in [0.4, 0.5) is 11.8 Å². The van der Waals surface area contributed by atoms with Crippen LogP contribution in [0.25, 0.3) is 49.9 Å². The van der Waals surface area contributed by atoms with Crippen molar-refractivity contribution < 1.29 is 42.3 Å². The average Bonchev–Trinajstić information content (AvgIpc) is 3.30. The van der Waals surface area contributed by atoms with Crippen LogP contribution >= 0.6 is 23.2 Å². The lowest BCUT2D eigenvalue weighted by atomic mass is 10.1. The average molecular weight is 1180 g/mol. The van der Waals surface area contributed by atoms with Gasteiger partial charge in [-0.2, -0.15) is 4.98 Å². The molecule has 83 heavy (non-hydrogen) atoms. The van der Waals surface area contributed by atoms with Crippen molar-refractivity contribution in [1.82, 2.24) is 39.5 Å². The molecule has 21 heteroatoms. The first-order valence-electron chi connectivity index (χ1n) is 27.9. The molecule has 1 aliphatic rings. The molecule has 0 aliphatic carbocycles. The van der Waals surface area contributed by atoms with E-state index < -0.39 is 0 Å². The molecule has 6 heterocycles. The number of hydrogen-bond donors (Lipinski definition) is 2. The second-order valence-electron chi connectivity index (χ2n) is 21.1. The number of pyridine rings is 3. The van der Waals surface area contributed by atoms with Crippen LogP contribution in [0.5, 0.6) is 34.6 Å². The number of ether oxygens (including phenoxy) is 8. The molecule has 0 spiro atoms. The normalized spacial score (nSPS) is 12.6. The first-order valence-corrected chi connectivity index (χ1v) is 28.6. The maximum Gasteiger partial charge on any atom is 0.295 e. The standard InChI is InChI=1S/C24H31ClN4O4.C21H28N4O3.C16H21ClN2O2.CH4/c1-15(2)26-24-28-19(14-32-24)18-13-21(33-16(3)4)17-5-6-20(22(25)23(17)27-18)31-12-9-29-7-10-30-11-8-29;1-14(2)22-20-8-9-25(24-20)21-13-19(28-15(3)4)17-7-6-16(12-18(17)23-21)27-11-10-26-5;1-11(2)21-14-10-15(20-9-8-19(3)4)18-16-12(14)6-5-7-13(16)17;/h5-6,13-16H,7-12H2,1-4H3,(H,26,28);6-9,12-15H,10-11H2,1-5H3,(H,22,24);5-7,10-11H,8-9H2,1-4H3;1H4. The van der Waals surface area contributed by atoms with Crippen molar-refractivity contribution >= 4 is 67.7 Å². The summed E-state index contributed by atoms with van der Waals surface area (Å²) in [6.45, 7) is 27.3. The summed E-state index contributed by atoms with van der Waals surface area (Å²) in [5.41, 5.74) is 3.32. The summed E-state index contributed by atoms with van der Waals surface area (Å²) >= 11 is 13.0. The van der Waals surface area contributed by atoms with Crippen molar-refractivity contribution in [1.29, 1.82) is 0 Å². The smallest absolute Gasteiger partial charge is 0.295 e. The molecule has 0 saturated carbocycles. The summed E-state index contributed by atoms with van der Waals surface area (Å²) in [5.74, 6) is 5.58. The Morgan fingerprint density at radius 1 is 0.639 bits per heavy atom. The maximum absolute atomic E-state index is 6.77. The van der Waals surface area contributed by atoms with E-state index in [4.69, 9.17) is 75.5 Å². The van der Waals surface area contributed by atoms with Gasteiger partial charge in [-0.15, -0.1) is 5.10 Å². The highest BCUT2D eigenvalue weighted by atomic mass is 35.5. The molecule has 2 N–H and O–H groups in total. The second kappa shape index (κ2) is 31.7. The Labute approximate surface area is 499 Å². The first kappa shape index (κ1) is 65.3. The van der Waals surface area contributed by atoms with Gasteiger partial charge in [0.25, 0.3) is 6.01 Å². The molecular weight excluding hydrogens is 1100 g/mol. The number of nitrogens with zero attached hydrogens (tertiary/aromatic N) is 8. The van der Waals surface area contributed by atoms with E-state index in [2.05, 4.69) is 49.3 Å². The predicted octanol–water partition coefficient (Wildman–Crippen LogP) is 13.2. The number of methoxy groups -OCH3 is 1. The van der Waals surface area contributed by atoms with E-state index in [0.717, 1.165) is 84.1 Å².